The van der Waals surface area contributed by atoms with Crippen LogP contribution >= 0.6 is 11.6 Å². The van der Waals surface area contributed by atoms with Gasteiger partial charge in [0, 0.05) is 22.2 Å². The Hall–Kier alpha value is -2.20. The lowest BCUT2D eigenvalue weighted by molar-refractivity contribution is -0.117. The van der Waals surface area contributed by atoms with E-state index in [-0.39, 0.29) is 11.8 Å². The molecule has 0 radical (unpaired) electrons. The summed E-state index contributed by atoms with van der Waals surface area (Å²) in [5.74, 6) is 1.75. The number of carbonyl (C=O) groups is 1. The van der Waals surface area contributed by atoms with Crippen molar-refractivity contribution in [2.45, 2.75) is 19.4 Å². The zero-order valence-electron chi connectivity index (χ0n) is 12.8. The summed E-state index contributed by atoms with van der Waals surface area (Å²) in [5, 5.41) is 3.54. The maximum absolute atomic E-state index is 11.7. The van der Waals surface area contributed by atoms with Crippen LogP contribution in [0.4, 0.5) is 5.69 Å². The van der Waals surface area contributed by atoms with Gasteiger partial charge < -0.3 is 14.8 Å². The predicted molar refractivity (Wildman–Crippen MR) is 90.1 cm³/mol. The second-order valence-corrected chi connectivity index (χ2v) is 5.97. The molecule has 0 bridgehead atoms. The monoisotopic (exact) mass is 331 g/mol. The van der Waals surface area contributed by atoms with Gasteiger partial charge in [0.05, 0.1) is 7.11 Å². The van der Waals surface area contributed by atoms with E-state index in [1.807, 2.05) is 36.4 Å². The minimum absolute atomic E-state index is 0.0994. The first kappa shape index (κ1) is 15.7. The van der Waals surface area contributed by atoms with E-state index in [2.05, 4.69) is 5.32 Å². The quantitative estimate of drug-likeness (QED) is 0.859. The third-order valence-corrected chi connectivity index (χ3v) is 3.94. The lowest BCUT2D eigenvalue weighted by atomic mass is 10.2. The van der Waals surface area contributed by atoms with Crippen molar-refractivity contribution >= 4 is 23.2 Å². The van der Waals surface area contributed by atoms with Crippen LogP contribution < -0.4 is 14.8 Å². The third kappa shape index (κ3) is 4.17. The number of amides is 1. The Labute approximate surface area is 140 Å². The molecule has 1 aliphatic carbocycles. The Morgan fingerprint density at radius 2 is 1.96 bits per heavy atom. The van der Waals surface area contributed by atoms with Gasteiger partial charge in [-0.2, -0.15) is 0 Å². The summed E-state index contributed by atoms with van der Waals surface area (Å²) in [4.78, 5) is 11.7. The number of carbonyl (C=O) groups excluding carboxylic acids is 1. The van der Waals surface area contributed by atoms with E-state index >= 15 is 0 Å². The minimum Gasteiger partial charge on any atom is -0.496 e. The van der Waals surface area contributed by atoms with Gasteiger partial charge in [0.25, 0.3) is 0 Å². The van der Waals surface area contributed by atoms with Crippen molar-refractivity contribution in [1.82, 2.24) is 0 Å². The molecule has 1 aliphatic rings. The molecule has 0 spiro atoms. The van der Waals surface area contributed by atoms with E-state index in [4.69, 9.17) is 21.1 Å². The molecule has 2 aromatic rings. The summed E-state index contributed by atoms with van der Waals surface area (Å²) in [7, 11) is 1.62. The molecular weight excluding hydrogens is 314 g/mol. The van der Waals surface area contributed by atoms with Crippen molar-refractivity contribution in [2.24, 2.45) is 5.92 Å². The van der Waals surface area contributed by atoms with Crippen LogP contribution in [0, 0.1) is 5.92 Å². The van der Waals surface area contributed by atoms with Gasteiger partial charge in [0.1, 0.15) is 18.1 Å². The van der Waals surface area contributed by atoms with Crippen LogP contribution in [0.25, 0.3) is 0 Å². The van der Waals surface area contributed by atoms with Crippen LogP contribution in [0.2, 0.25) is 5.02 Å². The first-order valence-electron chi connectivity index (χ1n) is 7.52. The maximum Gasteiger partial charge on any atom is 0.227 e. The average molecular weight is 332 g/mol. The van der Waals surface area contributed by atoms with Crippen molar-refractivity contribution in [2.75, 3.05) is 12.4 Å². The predicted octanol–water partition coefficient (Wildman–Crippen LogP) is 4.28. The van der Waals surface area contributed by atoms with E-state index in [0.29, 0.717) is 11.6 Å². The fraction of sp³-hybridized carbons (Fsp3) is 0.278. The summed E-state index contributed by atoms with van der Waals surface area (Å²) < 4.78 is 11.1. The first-order chi connectivity index (χ1) is 11.2. The van der Waals surface area contributed by atoms with Crippen molar-refractivity contribution in [3.8, 4) is 11.5 Å². The average Bonchev–Trinajstić information content (AvgIpc) is 3.39. The van der Waals surface area contributed by atoms with E-state index in [0.717, 1.165) is 35.6 Å². The molecule has 0 aromatic heterocycles. The SMILES string of the molecule is COc1ccc(Cl)cc1COc1ccc(NC(=O)C2CC2)cc1. The lowest BCUT2D eigenvalue weighted by Gasteiger charge is -2.11. The molecule has 23 heavy (non-hydrogen) atoms. The fourth-order valence-electron chi connectivity index (χ4n) is 2.25. The molecule has 4 nitrogen and oxygen atoms in total. The Morgan fingerprint density at radius 3 is 2.61 bits per heavy atom. The molecule has 1 saturated carbocycles. The number of methoxy groups -OCH3 is 1. The van der Waals surface area contributed by atoms with Crippen molar-refractivity contribution in [1.29, 1.82) is 0 Å². The molecule has 1 fully saturated rings. The normalized spacial score (nSPS) is 13.5. The van der Waals surface area contributed by atoms with E-state index in [1.54, 1.807) is 13.2 Å². The molecular formula is C18H18ClNO3. The van der Waals surface area contributed by atoms with Crippen molar-refractivity contribution in [3.63, 3.8) is 0 Å². The Balaban J connectivity index is 1.60. The molecule has 2 aromatic carbocycles. The van der Waals surface area contributed by atoms with E-state index in [1.165, 1.54) is 0 Å². The van der Waals surface area contributed by atoms with Gasteiger partial charge in [0.15, 0.2) is 0 Å². The maximum atomic E-state index is 11.7. The van der Waals surface area contributed by atoms with Gasteiger partial charge in [-0.15, -0.1) is 0 Å². The van der Waals surface area contributed by atoms with E-state index < -0.39 is 0 Å². The summed E-state index contributed by atoms with van der Waals surface area (Å²) >= 11 is 6.00. The van der Waals surface area contributed by atoms with Crippen LogP contribution in [0.1, 0.15) is 18.4 Å². The Kier molecular flexibility index (Phi) is 4.72. The zero-order chi connectivity index (χ0) is 16.2. The van der Waals surface area contributed by atoms with Crippen molar-refractivity contribution < 1.29 is 14.3 Å². The fourth-order valence-corrected chi connectivity index (χ4v) is 2.44. The molecule has 0 atom stereocenters. The largest absolute Gasteiger partial charge is 0.496 e. The number of hydrogen-bond acceptors (Lipinski definition) is 3. The number of anilines is 1. The number of hydrogen-bond donors (Lipinski definition) is 1. The second-order valence-electron chi connectivity index (χ2n) is 5.53. The highest BCUT2D eigenvalue weighted by atomic mass is 35.5. The summed E-state index contributed by atoms with van der Waals surface area (Å²) in [6, 6.07) is 12.8. The van der Waals surface area contributed by atoms with Gasteiger partial charge >= 0.3 is 0 Å². The van der Waals surface area contributed by atoms with Gasteiger partial charge in [-0.05, 0) is 55.3 Å². The van der Waals surface area contributed by atoms with Gasteiger partial charge in [-0.3, -0.25) is 4.79 Å². The van der Waals surface area contributed by atoms with Crippen molar-refractivity contribution in [3.05, 3.63) is 53.1 Å². The number of nitrogens with one attached hydrogen (secondary N) is 1. The summed E-state index contributed by atoms with van der Waals surface area (Å²) in [6.07, 6.45) is 1.99. The molecule has 1 N–H and O–H groups in total. The molecule has 0 saturated heterocycles. The van der Waals surface area contributed by atoms with Crippen LogP contribution in [-0.4, -0.2) is 13.0 Å². The molecule has 1 amide bonds. The van der Waals surface area contributed by atoms with Crippen LogP contribution in [0.5, 0.6) is 11.5 Å². The molecule has 120 valence electrons. The zero-order valence-corrected chi connectivity index (χ0v) is 13.6. The highest BCUT2D eigenvalue weighted by molar-refractivity contribution is 6.30. The highest BCUT2D eigenvalue weighted by Crippen LogP contribution is 2.30. The number of benzene rings is 2. The first-order valence-corrected chi connectivity index (χ1v) is 7.89. The molecule has 0 aliphatic heterocycles. The molecule has 3 rings (SSSR count). The van der Waals surface area contributed by atoms with Crippen LogP contribution in [0.3, 0.4) is 0 Å². The molecule has 5 heteroatoms. The third-order valence-electron chi connectivity index (χ3n) is 3.71. The van der Waals surface area contributed by atoms with Gasteiger partial charge in [-0.25, -0.2) is 0 Å². The number of rotatable bonds is 6. The Bertz CT molecular complexity index is 696. The second kappa shape index (κ2) is 6.92. The minimum atomic E-state index is 0.0994. The summed E-state index contributed by atoms with van der Waals surface area (Å²) in [5.41, 5.74) is 1.67. The van der Waals surface area contributed by atoms with Gasteiger partial charge in [0.2, 0.25) is 5.91 Å². The van der Waals surface area contributed by atoms with Crippen LogP contribution in [-0.2, 0) is 11.4 Å². The number of halogens is 1. The molecule has 0 unspecified atom stereocenters. The highest BCUT2D eigenvalue weighted by Gasteiger charge is 2.29. The smallest absolute Gasteiger partial charge is 0.227 e. The standard InChI is InChI=1S/C18H18ClNO3/c1-22-17-9-4-14(19)10-13(17)11-23-16-7-5-15(6-8-16)20-18(21)12-2-3-12/h4-10,12H,2-3,11H2,1H3,(H,20,21). The van der Waals surface area contributed by atoms with E-state index in [9.17, 15) is 4.79 Å². The lowest BCUT2D eigenvalue weighted by Crippen LogP contribution is -2.13. The molecule has 0 heterocycles. The van der Waals surface area contributed by atoms with Gasteiger partial charge in [-0.1, -0.05) is 11.6 Å². The Morgan fingerprint density at radius 1 is 1.22 bits per heavy atom. The van der Waals surface area contributed by atoms with Crippen LogP contribution in [0.15, 0.2) is 42.5 Å². The number of ether oxygens (including phenoxy) is 2. The topological polar surface area (TPSA) is 47.6 Å². The summed E-state index contributed by atoms with van der Waals surface area (Å²) in [6.45, 7) is 0.359.